The van der Waals surface area contributed by atoms with Crippen molar-refractivity contribution >= 4 is 11.8 Å². The summed E-state index contributed by atoms with van der Waals surface area (Å²) in [5.74, 6) is 1.59. The Labute approximate surface area is 116 Å². The van der Waals surface area contributed by atoms with E-state index >= 15 is 0 Å². The van der Waals surface area contributed by atoms with Crippen molar-refractivity contribution in [2.75, 3.05) is 65.0 Å². The average molecular weight is 266 g/mol. The number of nitrogens with zero attached hydrogens (tertiary/aromatic N) is 4. The highest BCUT2D eigenvalue weighted by Crippen LogP contribution is 2.11. The van der Waals surface area contributed by atoms with Crippen molar-refractivity contribution in [2.24, 2.45) is 0 Å². The lowest BCUT2D eigenvalue weighted by Crippen LogP contribution is -2.23. The first-order valence-corrected chi connectivity index (χ1v) is 6.60. The first kappa shape index (κ1) is 15.7. The third kappa shape index (κ3) is 6.35. The zero-order chi connectivity index (χ0) is 14.3. The third-order valence-corrected chi connectivity index (χ3v) is 2.67. The molecule has 0 amide bonds. The molecule has 0 saturated carbocycles. The van der Waals surface area contributed by atoms with E-state index in [2.05, 4.69) is 44.5 Å². The van der Waals surface area contributed by atoms with Crippen LogP contribution in [0.5, 0.6) is 0 Å². The summed E-state index contributed by atoms with van der Waals surface area (Å²) < 4.78 is 0. The minimum Gasteiger partial charge on any atom is -0.368 e. The van der Waals surface area contributed by atoms with Gasteiger partial charge in [-0.05, 0) is 35.1 Å². The summed E-state index contributed by atoms with van der Waals surface area (Å²) in [6, 6.07) is 0. The molecule has 1 aromatic rings. The van der Waals surface area contributed by atoms with Crippen molar-refractivity contribution < 1.29 is 0 Å². The second-order valence-corrected chi connectivity index (χ2v) is 5.19. The number of aromatic nitrogens is 2. The van der Waals surface area contributed by atoms with Gasteiger partial charge in [-0.3, -0.25) is 0 Å². The highest BCUT2D eigenvalue weighted by Gasteiger charge is 2.03. The van der Waals surface area contributed by atoms with E-state index in [9.17, 15) is 0 Å². The molecule has 6 heteroatoms. The van der Waals surface area contributed by atoms with E-state index in [1.165, 1.54) is 0 Å². The normalized spacial score (nSPS) is 11.1. The highest BCUT2D eigenvalue weighted by molar-refractivity contribution is 5.46. The van der Waals surface area contributed by atoms with E-state index in [0.717, 1.165) is 37.6 Å². The molecule has 0 aliphatic heterocycles. The summed E-state index contributed by atoms with van der Waals surface area (Å²) in [7, 11) is 8.21. The van der Waals surface area contributed by atoms with E-state index in [-0.39, 0.29) is 0 Å². The van der Waals surface area contributed by atoms with Crippen molar-refractivity contribution in [3.05, 3.63) is 11.8 Å². The predicted octanol–water partition coefficient (Wildman–Crippen LogP) is 0.732. The molecule has 108 valence electrons. The fourth-order valence-corrected chi connectivity index (χ4v) is 1.50. The summed E-state index contributed by atoms with van der Waals surface area (Å²) >= 11 is 0. The Balaban J connectivity index is 2.51. The second kappa shape index (κ2) is 7.91. The minimum atomic E-state index is 0.680. The van der Waals surface area contributed by atoms with Gasteiger partial charge in [-0.2, -0.15) is 4.98 Å². The minimum absolute atomic E-state index is 0.680. The molecule has 6 nitrogen and oxygen atoms in total. The van der Waals surface area contributed by atoms with Crippen molar-refractivity contribution in [3.8, 4) is 0 Å². The van der Waals surface area contributed by atoms with Gasteiger partial charge in [0.15, 0.2) is 0 Å². The van der Waals surface area contributed by atoms with E-state index in [1.54, 1.807) is 0 Å². The Kier molecular flexibility index (Phi) is 6.52. The number of anilines is 2. The molecule has 0 bridgehead atoms. The first-order chi connectivity index (χ1) is 8.99. The van der Waals surface area contributed by atoms with Crippen molar-refractivity contribution in [2.45, 2.75) is 6.92 Å². The van der Waals surface area contributed by atoms with Crippen molar-refractivity contribution in [3.63, 3.8) is 0 Å². The monoisotopic (exact) mass is 266 g/mol. The zero-order valence-corrected chi connectivity index (χ0v) is 12.7. The van der Waals surface area contributed by atoms with Crippen LogP contribution in [0.3, 0.4) is 0 Å². The zero-order valence-electron chi connectivity index (χ0n) is 12.7. The Hall–Kier alpha value is -1.40. The molecule has 19 heavy (non-hydrogen) atoms. The first-order valence-electron chi connectivity index (χ1n) is 6.60. The summed E-state index contributed by atoms with van der Waals surface area (Å²) in [6.45, 7) is 5.67. The van der Waals surface area contributed by atoms with Crippen LogP contribution in [0.25, 0.3) is 0 Å². The van der Waals surface area contributed by atoms with E-state index < -0.39 is 0 Å². The number of hydrogen-bond acceptors (Lipinski definition) is 6. The molecule has 0 aliphatic carbocycles. The van der Waals surface area contributed by atoms with Crippen LogP contribution in [0.4, 0.5) is 11.8 Å². The Morgan fingerprint density at radius 3 is 2.16 bits per heavy atom. The fourth-order valence-electron chi connectivity index (χ4n) is 1.50. The van der Waals surface area contributed by atoms with Crippen LogP contribution in [0.1, 0.15) is 5.56 Å². The van der Waals surface area contributed by atoms with Gasteiger partial charge >= 0.3 is 0 Å². The molecule has 0 radical (unpaired) electrons. The van der Waals surface area contributed by atoms with Crippen molar-refractivity contribution in [1.29, 1.82) is 0 Å². The van der Waals surface area contributed by atoms with Gasteiger partial charge < -0.3 is 20.4 Å². The van der Waals surface area contributed by atoms with Gasteiger partial charge in [0.25, 0.3) is 0 Å². The van der Waals surface area contributed by atoms with Gasteiger partial charge in [0.2, 0.25) is 5.95 Å². The molecule has 0 spiro atoms. The molecule has 0 fully saturated rings. The summed E-state index contributed by atoms with van der Waals surface area (Å²) in [4.78, 5) is 13.0. The molecule has 1 aromatic heterocycles. The van der Waals surface area contributed by atoms with Gasteiger partial charge in [0.1, 0.15) is 5.82 Å². The van der Waals surface area contributed by atoms with E-state index in [4.69, 9.17) is 0 Å². The molecule has 1 rings (SSSR count). The van der Waals surface area contributed by atoms with Crippen molar-refractivity contribution in [1.82, 2.24) is 19.8 Å². The van der Waals surface area contributed by atoms with Gasteiger partial charge in [-0.1, -0.05) is 0 Å². The third-order valence-electron chi connectivity index (χ3n) is 2.67. The average Bonchev–Trinajstić information content (AvgIpc) is 2.32. The number of hydrogen-bond donors (Lipinski definition) is 2. The number of likely N-dealkylation sites (N-methyl/N-ethyl adjacent to an activating group) is 2. The van der Waals surface area contributed by atoms with Crippen LogP contribution in [0.15, 0.2) is 6.20 Å². The maximum Gasteiger partial charge on any atom is 0.224 e. The Bertz CT molecular complexity index is 377. The largest absolute Gasteiger partial charge is 0.368 e. The van der Waals surface area contributed by atoms with Gasteiger partial charge in [-0.15, -0.1) is 0 Å². The molecular weight excluding hydrogens is 240 g/mol. The summed E-state index contributed by atoms with van der Waals surface area (Å²) in [6.07, 6.45) is 1.85. The van der Waals surface area contributed by atoms with Gasteiger partial charge in [0.05, 0.1) is 0 Å². The molecule has 1 heterocycles. The SMILES string of the molecule is Cc1cnc(NCCN(C)C)nc1NCCN(C)C. The topological polar surface area (TPSA) is 56.3 Å². The Morgan fingerprint density at radius 2 is 1.58 bits per heavy atom. The molecule has 0 aromatic carbocycles. The van der Waals surface area contributed by atoms with Crippen LogP contribution in [-0.4, -0.2) is 74.1 Å². The predicted molar refractivity (Wildman–Crippen MR) is 80.9 cm³/mol. The molecule has 0 atom stereocenters. The molecule has 0 saturated heterocycles. The number of aryl methyl sites for hydroxylation is 1. The van der Waals surface area contributed by atoms with E-state index in [1.807, 2.05) is 27.2 Å². The standard InChI is InChI=1S/C13H26N6/c1-11-10-16-13(15-7-9-19(4)5)17-12(11)14-6-8-18(2)3/h10H,6-9H2,1-5H3,(H2,14,15,16,17). The second-order valence-electron chi connectivity index (χ2n) is 5.19. The van der Waals surface area contributed by atoms with Crippen LogP contribution >= 0.6 is 0 Å². The van der Waals surface area contributed by atoms with Crippen LogP contribution < -0.4 is 10.6 Å². The molecule has 0 unspecified atom stereocenters. The molecular formula is C13H26N6. The van der Waals surface area contributed by atoms with Gasteiger partial charge in [0, 0.05) is 37.9 Å². The quantitative estimate of drug-likeness (QED) is 0.723. The number of rotatable bonds is 8. The number of nitrogens with one attached hydrogen (secondary N) is 2. The lowest BCUT2D eigenvalue weighted by molar-refractivity contribution is 0.424. The lowest BCUT2D eigenvalue weighted by Gasteiger charge is -2.14. The molecule has 0 aliphatic rings. The Morgan fingerprint density at radius 1 is 1.00 bits per heavy atom. The van der Waals surface area contributed by atoms with Crippen LogP contribution in [0, 0.1) is 6.92 Å². The maximum absolute atomic E-state index is 4.50. The summed E-state index contributed by atoms with van der Waals surface area (Å²) in [5.41, 5.74) is 1.07. The van der Waals surface area contributed by atoms with Gasteiger partial charge in [-0.25, -0.2) is 4.98 Å². The fraction of sp³-hybridized carbons (Fsp3) is 0.692. The van der Waals surface area contributed by atoms with Crippen LogP contribution in [-0.2, 0) is 0 Å². The van der Waals surface area contributed by atoms with Crippen LogP contribution in [0.2, 0.25) is 0 Å². The highest BCUT2D eigenvalue weighted by atomic mass is 15.2. The lowest BCUT2D eigenvalue weighted by atomic mass is 10.3. The maximum atomic E-state index is 4.50. The summed E-state index contributed by atoms with van der Waals surface area (Å²) in [5, 5.41) is 6.57. The smallest absolute Gasteiger partial charge is 0.224 e. The van der Waals surface area contributed by atoms with E-state index in [0.29, 0.717) is 5.95 Å². The molecule has 2 N–H and O–H groups in total.